The normalized spacial score (nSPS) is 17.5. The molecule has 6 nitrogen and oxygen atoms in total. The van der Waals surface area contributed by atoms with E-state index in [1.54, 1.807) is 0 Å². The monoisotopic (exact) mass is 318 g/mol. The van der Waals surface area contributed by atoms with Gasteiger partial charge in [-0.1, -0.05) is 17.7 Å². The molecule has 0 radical (unpaired) electrons. The second-order valence-corrected chi connectivity index (χ2v) is 5.73. The van der Waals surface area contributed by atoms with Crippen molar-refractivity contribution in [3.05, 3.63) is 41.4 Å². The molecule has 22 heavy (non-hydrogen) atoms. The maximum Gasteiger partial charge on any atom is 0.153 e. The van der Waals surface area contributed by atoms with Crippen molar-refractivity contribution >= 4 is 23.2 Å². The number of halogens is 1. The largest absolute Gasteiger partial charge is 0.382 e. The molecule has 0 unspecified atom stereocenters. The van der Waals surface area contributed by atoms with Gasteiger partial charge in [-0.25, -0.2) is 9.97 Å². The summed E-state index contributed by atoms with van der Waals surface area (Å²) in [6.07, 6.45) is 3.30. The first-order valence-electron chi connectivity index (χ1n) is 7.32. The molecule has 2 N–H and O–H groups in total. The Morgan fingerprint density at radius 3 is 2.59 bits per heavy atom. The van der Waals surface area contributed by atoms with Crippen molar-refractivity contribution in [1.29, 1.82) is 0 Å². The number of aromatic nitrogens is 3. The highest BCUT2D eigenvalue weighted by molar-refractivity contribution is 6.35. The third-order valence-electron chi connectivity index (χ3n) is 4.08. The summed E-state index contributed by atoms with van der Waals surface area (Å²) >= 11 is 6.21. The van der Waals surface area contributed by atoms with E-state index < -0.39 is 0 Å². The molecule has 0 saturated carbocycles. The van der Waals surface area contributed by atoms with E-state index in [-0.39, 0.29) is 0 Å². The van der Waals surface area contributed by atoms with Gasteiger partial charge in [0.2, 0.25) is 0 Å². The van der Waals surface area contributed by atoms with Gasteiger partial charge in [0.1, 0.15) is 17.2 Å². The summed E-state index contributed by atoms with van der Waals surface area (Å²) in [5, 5.41) is 0.439. The number of nitrogens with two attached hydrogens (primary N) is 1. The van der Waals surface area contributed by atoms with Crippen LogP contribution in [0.1, 0.15) is 18.7 Å². The predicted octanol–water partition coefficient (Wildman–Crippen LogP) is 1.99. The van der Waals surface area contributed by atoms with Gasteiger partial charge in [-0.2, -0.15) is 0 Å². The van der Waals surface area contributed by atoms with Crippen LogP contribution >= 0.6 is 11.6 Å². The van der Waals surface area contributed by atoms with Gasteiger partial charge in [-0.05, 0) is 19.1 Å². The molecule has 1 saturated heterocycles. The number of hydrogen-bond donors (Lipinski definition) is 1. The van der Waals surface area contributed by atoms with Gasteiger partial charge in [-0.15, -0.1) is 0 Å². The number of nitrogens with zero attached hydrogens (tertiary/aromatic N) is 5. The maximum absolute atomic E-state index is 6.21. The maximum atomic E-state index is 6.21. The molecule has 1 fully saturated rings. The number of anilines is 2. The van der Waals surface area contributed by atoms with Crippen molar-refractivity contribution in [2.24, 2.45) is 0 Å². The summed E-state index contributed by atoms with van der Waals surface area (Å²) in [6.45, 7) is 5.75. The summed E-state index contributed by atoms with van der Waals surface area (Å²) in [5.41, 5.74) is 6.85. The Morgan fingerprint density at radius 2 is 1.91 bits per heavy atom. The fraction of sp³-hybridized carbons (Fsp3) is 0.400. The molecule has 3 rings (SSSR count). The van der Waals surface area contributed by atoms with Crippen molar-refractivity contribution in [3.8, 4) is 0 Å². The molecule has 7 heteroatoms. The summed E-state index contributed by atoms with van der Waals surface area (Å²) < 4.78 is 0. The Kier molecular flexibility index (Phi) is 4.40. The molecule has 1 aliphatic heterocycles. The van der Waals surface area contributed by atoms with Crippen LogP contribution in [0.2, 0.25) is 5.02 Å². The van der Waals surface area contributed by atoms with Crippen LogP contribution in [0.4, 0.5) is 11.6 Å². The lowest BCUT2D eigenvalue weighted by Crippen LogP contribution is -2.47. The van der Waals surface area contributed by atoms with E-state index in [4.69, 9.17) is 17.3 Å². The minimum absolute atomic E-state index is 0.300. The van der Waals surface area contributed by atoms with Crippen LogP contribution in [0.5, 0.6) is 0 Å². The average molecular weight is 319 g/mol. The van der Waals surface area contributed by atoms with Crippen LogP contribution in [-0.2, 0) is 0 Å². The lowest BCUT2D eigenvalue weighted by atomic mass is 10.1. The quantitative estimate of drug-likeness (QED) is 0.933. The smallest absolute Gasteiger partial charge is 0.153 e. The van der Waals surface area contributed by atoms with Gasteiger partial charge in [0, 0.05) is 38.4 Å². The van der Waals surface area contributed by atoms with Crippen LogP contribution in [0.15, 0.2) is 30.7 Å². The molecule has 2 aromatic heterocycles. The fourth-order valence-electron chi connectivity index (χ4n) is 2.73. The Bertz CT molecular complexity index is 627. The summed E-state index contributed by atoms with van der Waals surface area (Å²) in [7, 11) is 0. The molecular formula is C15H19ClN6. The zero-order valence-electron chi connectivity index (χ0n) is 12.5. The molecule has 2 aromatic rings. The molecule has 1 aliphatic rings. The average Bonchev–Trinajstić information content (AvgIpc) is 2.58. The minimum atomic E-state index is 0.300. The number of rotatable bonds is 3. The number of pyridine rings is 1. The van der Waals surface area contributed by atoms with Gasteiger partial charge in [0.15, 0.2) is 5.82 Å². The van der Waals surface area contributed by atoms with E-state index in [0.29, 0.717) is 16.9 Å². The van der Waals surface area contributed by atoms with E-state index in [0.717, 1.165) is 37.7 Å². The Balaban J connectivity index is 1.66. The zero-order chi connectivity index (χ0) is 15.5. The van der Waals surface area contributed by atoms with Gasteiger partial charge in [-0.3, -0.25) is 9.88 Å². The topological polar surface area (TPSA) is 71.2 Å². The third kappa shape index (κ3) is 2.98. The summed E-state index contributed by atoms with van der Waals surface area (Å²) in [4.78, 5) is 17.2. The molecule has 0 amide bonds. The van der Waals surface area contributed by atoms with E-state index in [1.807, 2.05) is 18.3 Å². The molecule has 116 valence electrons. The highest BCUT2D eigenvalue weighted by Crippen LogP contribution is 2.28. The molecule has 3 heterocycles. The summed E-state index contributed by atoms with van der Waals surface area (Å²) in [6, 6.07) is 6.34. The first-order chi connectivity index (χ1) is 10.7. The zero-order valence-corrected chi connectivity index (χ0v) is 13.2. The number of piperazine rings is 1. The second-order valence-electron chi connectivity index (χ2n) is 5.35. The molecule has 1 atom stereocenters. The van der Waals surface area contributed by atoms with Crippen LogP contribution < -0.4 is 10.6 Å². The van der Waals surface area contributed by atoms with Crippen LogP contribution in [0.3, 0.4) is 0 Å². The highest BCUT2D eigenvalue weighted by Gasteiger charge is 2.24. The van der Waals surface area contributed by atoms with Gasteiger partial charge < -0.3 is 10.6 Å². The minimum Gasteiger partial charge on any atom is -0.382 e. The van der Waals surface area contributed by atoms with E-state index in [2.05, 4.69) is 37.7 Å². The molecule has 0 aromatic carbocycles. The van der Waals surface area contributed by atoms with Crippen LogP contribution in [0, 0.1) is 0 Å². The Hall–Kier alpha value is -1.92. The van der Waals surface area contributed by atoms with Crippen LogP contribution in [-0.4, -0.2) is 46.0 Å². The van der Waals surface area contributed by atoms with Crippen molar-refractivity contribution in [1.82, 2.24) is 19.9 Å². The highest BCUT2D eigenvalue weighted by atomic mass is 35.5. The number of hydrogen-bond acceptors (Lipinski definition) is 6. The van der Waals surface area contributed by atoms with Gasteiger partial charge in [0.25, 0.3) is 0 Å². The molecule has 0 aliphatic carbocycles. The van der Waals surface area contributed by atoms with Gasteiger partial charge >= 0.3 is 0 Å². The van der Waals surface area contributed by atoms with Crippen molar-refractivity contribution < 1.29 is 0 Å². The van der Waals surface area contributed by atoms with E-state index >= 15 is 0 Å². The lowest BCUT2D eigenvalue weighted by molar-refractivity contribution is 0.195. The van der Waals surface area contributed by atoms with Crippen molar-refractivity contribution in [2.75, 3.05) is 36.8 Å². The van der Waals surface area contributed by atoms with Crippen molar-refractivity contribution in [3.63, 3.8) is 0 Å². The third-order valence-corrected chi connectivity index (χ3v) is 4.44. The van der Waals surface area contributed by atoms with Gasteiger partial charge in [0.05, 0.1) is 5.69 Å². The molecule has 0 spiro atoms. The first-order valence-corrected chi connectivity index (χ1v) is 7.70. The van der Waals surface area contributed by atoms with Crippen molar-refractivity contribution in [2.45, 2.75) is 13.0 Å². The molecule has 0 bridgehead atoms. The van der Waals surface area contributed by atoms with E-state index in [9.17, 15) is 0 Å². The summed E-state index contributed by atoms with van der Waals surface area (Å²) in [5.74, 6) is 1.05. The van der Waals surface area contributed by atoms with Crippen LogP contribution in [0.25, 0.3) is 0 Å². The predicted molar refractivity (Wildman–Crippen MR) is 87.9 cm³/mol. The SMILES string of the molecule is C[C@H](c1ccccn1)N1CCN(c2ncnc(N)c2Cl)CC1. The number of nitrogen functional groups attached to an aromatic ring is 1. The lowest BCUT2D eigenvalue weighted by Gasteiger charge is -2.38. The Labute approximate surface area is 134 Å². The van der Waals surface area contributed by atoms with E-state index in [1.165, 1.54) is 6.33 Å². The Morgan fingerprint density at radius 1 is 1.14 bits per heavy atom. The molecular weight excluding hydrogens is 300 g/mol. The first kappa shape index (κ1) is 15.0. The standard InChI is InChI=1S/C15H19ClN6/c1-11(12-4-2-3-5-18-12)21-6-8-22(9-7-21)15-13(16)14(17)19-10-20-15/h2-5,10-11H,6-9H2,1H3,(H2,17,19,20)/t11-/m1/s1. The fourth-order valence-corrected chi connectivity index (χ4v) is 2.94. The second kappa shape index (κ2) is 6.46.